The Kier molecular flexibility index (Phi) is 17.2. The summed E-state index contributed by atoms with van der Waals surface area (Å²) < 4.78 is -0.493. The smallest absolute Gasteiger partial charge is 0.222 e. The summed E-state index contributed by atoms with van der Waals surface area (Å²) in [6.45, 7) is 1.76. The Morgan fingerprint density at radius 2 is 1.34 bits per heavy atom. The molecule has 4 atom stereocenters. The summed E-state index contributed by atoms with van der Waals surface area (Å²) in [4.78, 5) is 14.1. The van der Waals surface area contributed by atoms with Crippen molar-refractivity contribution < 1.29 is 35.0 Å². The monoisotopic (exact) mass is 464 g/mol. The molecular weight excluding hydrogens is 416 g/mol. The zero-order valence-electron chi connectivity index (χ0n) is 20.4. The molecule has 0 heterocycles. The molecule has 0 aliphatic rings. The van der Waals surface area contributed by atoms with Crippen LogP contribution in [0.4, 0.5) is 0 Å². The molecule has 0 aromatic rings. The van der Waals surface area contributed by atoms with Gasteiger partial charge in [0.1, 0.15) is 24.4 Å². The van der Waals surface area contributed by atoms with E-state index in [9.17, 15) is 30.4 Å². The van der Waals surface area contributed by atoms with Crippen molar-refractivity contribution in [1.82, 2.24) is 4.90 Å². The first kappa shape index (κ1) is 31.2. The number of unbranched alkanes of at least 4 members (excludes halogenated alkanes) is 8. The first-order valence-electron chi connectivity index (χ1n) is 12.2. The molecule has 0 aromatic carbocycles. The average Bonchev–Trinajstić information content (AvgIpc) is 2.74. The molecular formula is C23H48N2O7. The second-order valence-electron chi connectivity index (χ2n) is 9.37. The van der Waals surface area contributed by atoms with Crippen LogP contribution in [-0.4, -0.2) is 106 Å². The van der Waals surface area contributed by atoms with Gasteiger partial charge >= 0.3 is 0 Å². The number of hydrogen-bond donors (Lipinski definition) is 5. The third-order valence-corrected chi connectivity index (χ3v) is 5.70. The van der Waals surface area contributed by atoms with Gasteiger partial charge in [-0.25, -0.2) is 0 Å². The van der Waals surface area contributed by atoms with E-state index in [2.05, 4.69) is 6.92 Å². The standard InChI is InChI=1S/C23H48N2O7/c1-4-5-6-7-8-9-10-11-12-14-21(29)24(15-13-16-25(2,3)32)17-19(27)22(30)23(31)20(28)18-26/h19-20,22-23,26-28,30-31H,4-18H2,1-3H3/t19-,20+,22+,23+/m0/s1. The van der Waals surface area contributed by atoms with Gasteiger partial charge in [0.2, 0.25) is 5.91 Å². The van der Waals surface area contributed by atoms with E-state index in [0.717, 1.165) is 25.7 Å². The van der Waals surface area contributed by atoms with Crippen LogP contribution in [0.1, 0.15) is 77.6 Å². The van der Waals surface area contributed by atoms with E-state index in [-0.39, 0.29) is 19.0 Å². The van der Waals surface area contributed by atoms with E-state index in [1.54, 1.807) is 0 Å². The Bertz CT molecular complexity index is 474. The number of amides is 1. The first-order valence-corrected chi connectivity index (χ1v) is 12.2. The van der Waals surface area contributed by atoms with Crippen LogP contribution in [-0.2, 0) is 4.79 Å². The zero-order chi connectivity index (χ0) is 24.6. The van der Waals surface area contributed by atoms with E-state index in [1.165, 1.54) is 51.1 Å². The second-order valence-corrected chi connectivity index (χ2v) is 9.37. The molecule has 0 rings (SSSR count). The predicted molar refractivity (Wildman–Crippen MR) is 124 cm³/mol. The van der Waals surface area contributed by atoms with Crippen molar-refractivity contribution >= 4 is 5.91 Å². The average molecular weight is 465 g/mol. The lowest BCUT2D eigenvalue weighted by atomic mass is 10.0. The van der Waals surface area contributed by atoms with Gasteiger partial charge in [0.05, 0.1) is 27.2 Å². The van der Waals surface area contributed by atoms with Gasteiger partial charge in [0.15, 0.2) is 0 Å². The molecule has 0 aromatic heterocycles. The van der Waals surface area contributed by atoms with Crippen LogP contribution in [0.5, 0.6) is 0 Å². The third kappa shape index (κ3) is 15.1. The fourth-order valence-electron chi connectivity index (χ4n) is 3.60. The molecule has 0 fully saturated rings. The van der Waals surface area contributed by atoms with Crippen molar-refractivity contribution in [2.45, 2.75) is 102 Å². The number of aliphatic hydroxyl groups is 5. The lowest BCUT2D eigenvalue weighted by Crippen LogP contribution is -2.51. The van der Waals surface area contributed by atoms with Crippen molar-refractivity contribution in [2.24, 2.45) is 0 Å². The van der Waals surface area contributed by atoms with Gasteiger partial charge in [-0.15, -0.1) is 0 Å². The number of aliphatic hydroxyl groups excluding tert-OH is 5. The normalized spacial score (nSPS) is 15.9. The second kappa shape index (κ2) is 17.6. The summed E-state index contributed by atoms with van der Waals surface area (Å²) in [5.74, 6) is -0.174. The van der Waals surface area contributed by atoms with E-state index in [4.69, 9.17) is 5.11 Å². The quantitative estimate of drug-likeness (QED) is 0.103. The lowest BCUT2D eigenvalue weighted by molar-refractivity contribution is -0.840. The summed E-state index contributed by atoms with van der Waals surface area (Å²) in [7, 11) is 3.03. The van der Waals surface area contributed by atoms with Crippen LogP contribution in [0.15, 0.2) is 0 Å². The highest BCUT2D eigenvalue weighted by atomic mass is 16.5. The topological polar surface area (TPSA) is 145 Å². The Hall–Kier alpha value is -0.810. The number of nitrogens with zero attached hydrogens (tertiary/aromatic N) is 2. The van der Waals surface area contributed by atoms with Crippen molar-refractivity contribution in [2.75, 3.05) is 40.3 Å². The highest BCUT2D eigenvalue weighted by Crippen LogP contribution is 2.13. The van der Waals surface area contributed by atoms with Gasteiger partial charge in [0.25, 0.3) is 0 Å². The number of rotatable bonds is 20. The van der Waals surface area contributed by atoms with Crippen LogP contribution in [0.3, 0.4) is 0 Å². The minimum Gasteiger partial charge on any atom is -0.633 e. The van der Waals surface area contributed by atoms with E-state index < -0.39 is 35.7 Å². The summed E-state index contributed by atoms with van der Waals surface area (Å²) >= 11 is 0. The maximum absolute atomic E-state index is 12.7. The Morgan fingerprint density at radius 3 is 1.84 bits per heavy atom. The van der Waals surface area contributed by atoms with Gasteiger partial charge in [-0.05, 0) is 6.42 Å². The number of hydroxylamine groups is 3. The van der Waals surface area contributed by atoms with Gasteiger partial charge in [-0.2, -0.15) is 0 Å². The van der Waals surface area contributed by atoms with Crippen LogP contribution in [0, 0.1) is 5.21 Å². The number of carbonyl (C=O) groups is 1. The summed E-state index contributed by atoms with van der Waals surface area (Å²) in [6.07, 6.45) is 4.40. The fraction of sp³-hybridized carbons (Fsp3) is 0.957. The maximum atomic E-state index is 12.7. The molecule has 0 spiro atoms. The van der Waals surface area contributed by atoms with Crippen molar-refractivity contribution in [3.63, 3.8) is 0 Å². The van der Waals surface area contributed by atoms with Crippen LogP contribution in [0.25, 0.3) is 0 Å². The molecule has 1 amide bonds. The van der Waals surface area contributed by atoms with Crippen molar-refractivity contribution in [3.05, 3.63) is 5.21 Å². The number of hydrogen-bond acceptors (Lipinski definition) is 7. The molecule has 192 valence electrons. The molecule has 9 heteroatoms. The highest BCUT2D eigenvalue weighted by molar-refractivity contribution is 5.76. The Balaban J connectivity index is 4.58. The number of carbonyl (C=O) groups excluding carboxylic acids is 1. The molecule has 0 unspecified atom stereocenters. The lowest BCUT2D eigenvalue weighted by Gasteiger charge is -2.35. The highest BCUT2D eigenvalue weighted by Gasteiger charge is 2.32. The summed E-state index contributed by atoms with van der Waals surface area (Å²) in [5, 5.41) is 60.3. The van der Waals surface area contributed by atoms with Gasteiger partial charge in [0, 0.05) is 25.9 Å². The summed E-state index contributed by atoms with van der Waals surface area (Å²) in [5.41, 5.74) is 0. The van der Waals surface area contributed by atoms with Gasteiger partial charge < -0.3 is 40.3 Å². The molecule has 0 saturated heterocycles. The molecule has 5 N–H and O–H groups in total. The largest absolute Gasteiger partial charge is 0.633 e. The Labute approximate surface area is 193 Å². The van der Waals surface area contributed by atoms with Crippen molar-refractivity contribution in [1.29, 1.82) is 0 Å². The van der Waals surface area contributed by atoms with Crippen molar-refractivity contribution in [3.8, 4) is 0 Å². The van der Waals surface area contributed by atoms with E-state index in [1.807, 2.05) is 0 Å². The molecule has 0 aliphatic heterocycles. The first-order chi connectivity index (χ1) is 15.0. The fourth-order valence-corrected chi connectivity index (χ4v) is 3.60. The molecule has 32 heavy (non-hydrogen) atoms. The molecule has 0 bridgehead atoms. The Morgan fingerprint density at radius 1 is 0.844 bits per heavy atom. The SMILES string of the molecule is CCCCCCCCCCCC(=O)N(CCC[N+](C)(C)[O-])C[C@H](O)[C@@H](O)[C@H](O)[C@H](O)CO. The molecule has 0 aliphatic carbocycles. The molecule has 0 radical (unpaired) electrons. The molecule has 9 nitrogen and oxygen atoms in total. The minimum absolute atomic E-state index is 0.174. The molecule has 0 saturated carbocycles. The van der Waals surface area contributed by atoms with E-state index >= 15 is 0 Å². The third-order valence-electron chi connectivity index (χ3n) is 5.70. The van der Waals surface area contributed by atoms with Gasteiger partial charge in [-0.3, -0.25) is 4.79 Å². The minimum atomic E-state index is -1.73. The van der Waals surface area contributed by atoms with Gasteiger partial charge in [-0.1, -0.05) is 58.3 Å². The van der Waals surface area contributed by atoms with Crippen LogP contribution >= 0.6 is 0 Å². The van der Waals surface area contributed by atoms with Crippen LogP contribution < -0.4 is 0 Å². The van der Waals surface area contributed by atoms with E-state index in [0.29, 0.717) is 19.4 Å². The summed E-state index contributed by atoms with van der Waals surface area (Å²) in [6, 6.07) is 0. The predicted octanol–water partition coefficient (Wildman–Crippen LogP) is 1.14. The van der Waals surface area contributed by atoms with Crippen LogP contribution in [0.2, 0.25) is 0 Å². The zero-order valence-corrected chi connectivity index (χ0v) is 20.4. The maximum Gasteiger partial charge on any atom is 0.222 e. The number of quaternary nitrogens is 1.